The maximum atomic E-state index is 13.6. The molecule has 1 amide bonds. The number of rotatable bonds is 5. The van der Waals surface area contributed by atoms with E-state index in [9.17, 15) is 9.18 Å². The zero-order chi connectivity index (χ0) is 16.1. The van der Waals surface area contributed by atoms with Gasteiger partial charge in [-0.1, -0.05) is 24.3 Å². The van der Waals surface area contributed by atoms with Crippen LogP contribution in [0.1, 0.15) is 16.7 Å². The molecule has 0 aliphatic carbocycles. The second kappa shape index (κ2) is 7.45. The molecule has 0 heterocycles. The fourth-order valence-corrected chi connectivity index (χ4v) is 2.96. The molecule has 116 valence electrons. The van der Waals surface area contributed by atoms with E-state index >= 15 is 0 Å². The van der Waals surface area contributed by atoms with Gasteiger partial charge in [0.25, 0.3) is 0 Å². The van der Waals surface area contributed by atoms with E-state index in [1.54, 1.807) is 30.1 Å². The molecule has 0 aromatic heterocycles. The van der Waals surface area contributed by atoms with Gasteiger partial charge in [-0.2, -0.15) is 0 Å². The van der Waals surface area contributed by atoms with Crippen molar-refractivity contribution in [1.29, 1.82) is 0 Å². The summed E-state index contributed by atoms with van der Waals surface area (Å²) < 4.78 is 13.6. The van der Waals surface area contributed by atoms with Crippen molar-refractivity contribution in [2.75, 3.05) is 12.8 Å². The second-order valence-corrected chi connectivity index (χ2v) is 6.42. The summed E-state index contributed by atoms with van der Waals surface area (Å²) in [6, 6.07) is 12.7. The van der Waals surface area contributed by atoms with E-state index in [1.807, 2.05) is 6.07 Å². The van der Waals surface area contributed by atoms with E-state index in [4.69, 9.17) is 0 Å². The van der Waals surface area contributed by atoms with Crippen molar-refractivity contribution in [3.8, 4) is 0 Å². The van der Waals surface area contributed by atoms with Crippen LogP contribution in [0.3, 0.4) is 0 Å². The van der Waals surface area contributed by atoms with Crippen molar-refractivity contribution >= 4 is 17.7 Å². The second-order valence-electron chi connectivity index (χ2n) is 5.38. The lowest BCUT2D eigenvalue weighted by molar-refractivity contribution is -0.127. The van der Waals surface area contributed by atoms with Gasteiger partial charge >= 0.3 is 0 Å². The Morgan fingerprint density at radius 3 is 2.55 bits per heavy atom. The van der Waals surface area contributed by atoms with Gasteiger partial charge in [0.15, 0.2) is 0 Å². The first-order valence-electron chi connectivity index (χ1n) is 7.15. The molecule has 0 saturated heterocycles. The van der Waals surface area contributed by atoms with Gasteiger partial charge in [-0.05, 0) is 43.2 Å². The van der Waals surface area contributed by atoms with E-state index < -0.39 is 0 Å². The summed E-state index contributed by atoms with van der Waals surface area (Å²) in [4.78, 5) is 14.8. The molecular formula is C18H20FNOS. The summed E-state index contributed by atoms with van der Waals surface area (Å²) >= 11 is 1.51. The molecule has 2 nitrogen and oxygen atoms in total. The predicted octanol–water partition coefficient (Wildman–Crippen LogP) is 4.19. The molecule has 0 fully saturated rings. The van der Waals surface area contributed by atoms with Crippen molar-refractivity contribution in [2.45, 2.75) is 25.3 Å². The van der Waals surface area contributed by atoms with E-state index in [1.165, 1.54) is 29.0 Å². The van der Waals surface area contributed by atoms with Gasteiger partial charge in [0, 0.05) is 24.1 Å². The van der Waals surface area contributed by atoms with E-state index in [0.717, 1.165) is 4.90 Å². The van der Waals surface area contributed by atoms with Crippen LogP contribution >= 0.6 is 11.8 Å². The quantitative estimate of drug-likeness (QED) is 0.771. The van der Waals surface area contributed by atoms with E-state index in [0.29, 0.717) is 17.9 Å². The van der Waals surface area contributed by atoms with Crippen LogP contribution in [0, 0.1) is 19.7 Å². The molecule has 0 bridgehead atoms. The lowest BCUT2D eigenvalue weighted by Gasteiger charge is -2.17. The van der Waals surface area contributed by atoms with Gasteiger partial charge in [0.05, 0.1) is 5.75 Å². The van der Waals surface area contributed by atoms with E-state index in [-0.39, 0.29) is 11.7 Å². The summed E-state index contributed by atoms with van der Waals surface area (Å²) in [5.74, 6) is 0.0726. The van der Waals surface area contributed by atoms with Crippen LogP contribution in [0.4, 0.5) is 4.39 Å². The summed E-state index contributed by atoms with van der Waals surface area (Å²) in [5, 5.41) is 0. The Morgan fingerprint density at radius 1 is 1.14 bits per heavy atom. The standard InChI is InChI=1S/C18H20FNOS/c1-13-8-9-16(10-14(13)2)22-12-18(21)20(3)11-15-6-4-5-7-17(15)19/h4-10H,11-12H2,1-3H3. The van der Waals surface area contributed by atoms with E-state index in [2.05, 4.69) is 26.0 Å². The maximum Gasteiger partial charge on any atom is 0.232 e. The van der Waals surface area contributed by atoms with Gasteiger partial charge in [-0.3, -0.25) is 4.79 Å². The molecule has 4 heteroatoms. The molecule has 0 saturated carbocycles. The highest BCUT2D eigenvalue weighted by molar-refractivity contribution is 8.00. The highest BCUT2D eigenvalue weighted by Gasteiger charge is 2.12. The molecule has 22 heavy (non-hydrogen) atoms. The summed E-state index contributed by atoms with van der Waals surface area (Å²) in [7, 11) is 1.70. The number of amides is 1. The Morgan fingerprint density at radius 2 is 1.86 bits per heavy atom. The summed E-state index contributed by atoms with van der Waals surface area (Å²) in [6.07, 6.45) is 0. The number of benzene rings is 2. The zero-order valence-electron chi connectivity index (χ0n) is 13.1. The Bertz CT molecular complexity index is 672. The van der Waals surface area contributed by atoms with Crippen LogP contribution in [0.15, 0.2) is 47.4 Å². The van der Waals surface area contributed by atoms with Crippen LogP contribution in [-0.2, 0) is 11.3 Å². The summed E-state index contributed by atoms with van der Waals surface area (Å²) in [5.41, 5.74) is 3.00. The normalized spacial score (nSPS) is 10.5. The monoisotopic (exact) mass is 317 g/mol. The Hall–Kier alpha value is -1.81. The minimum Gasteiger partial charge on any atom is -0.341 e. The van der Waals surface area contributed by atoms with Crippen LogP contribution in [-0.4, -0.2) is 23.6 Å². The third-order valence-electron chi connectivity index (χ3n) is 3.63. The topological polar surface area (TPSA) is 20.3 Å². The minimum atomic E-state index is -0.274. The largest absolute Gasteiger partial charge is 0.341 e. The van der Waals surface area contributed by atoms with Gasteiger partial charge < -0.3 is 4.90 Å². The lowest BCUT2D eigenvalue weighted by atomic mass is 10.1. The Balaban J connectivity index is 1.91. The highest BCUT2D eigenvalue weighted by Crippen LogP contribution is 2.21. The average Bonchev–Trinajstić information content (AvgIpc) is 2.50. The smallest absolute Gasteiger partial charge is 0.232 e. The summed E-state index contributed by atoms with van der Waals surface area (Å²) in [6.45, 7) is 4.42. The van der Waals surface area contributed by atoms with Crippen LogP contribution < -0.4 is 0 Å². The number of aryl methyl sites for hydroxylation is 2. The number of carbonyl (C=O) groups excluding carboxylic acids is 1. The zero-order valence-corrected chi connectivity index (χ0v) is 13.9. The maximum absolute atomic E-state index is 13.6. The van der Waals surface area contributed by atoms with Gasteiger partial charge in [0.1, 0.15) is 5.82 Å². The first-order valence-corrected chi connectivity index (χ1v) is 8.13. The first kappa shape index (κ1) is 16.6. The fourth-order valence-electron chi connectivity index (χ4n) is 2.03. The molecule has 0 atom stereocenters. The van der Waals surface area contributed by atoms with Crippen LogP contribution in [0.25, 0.3) is 0 Å². The molecular weight excluding hydrogens is 297 g/mol. The number of halogens is 1. The van der Waals surface area contributed by atoms with Gasteiger partial charge in [-0.25, -0.2) is 4.39 Å². The van der Waals surface area contributed by atoms with Crippen molar-refractivity contribution in [3.05, 3.63) is 65.0 Å². The molecule has 2 aromatic carbocycles. The number of hydrogen-bond donors (Lipinski definition) is 0. The number of carbonyl (C=O) groups is 1. The molecule has 0 radical (unpaired) electrons. The van der Waals surface area contributed by atoms with Gasteiger partial charge in [-0.15, -0.1) is 11.8 Å². The number of nitrogens with zero attached hydrogens (tertiary/aromatic N) is 1. The van der Waals surface area contributed by atoms with Crippen molar-refractivity contribution < 1.29 is 9.18 Å². The third kappa shape index (κ3) is 4.34. The molecule has 2 aromatic rings. The number of thioether (sulfide) groups is 1. The highest BCUT2D eigenvalue weighted by atomic mass is 32.2. The SMILES string of the molecule is Cc1ccc(SCC(=O)N(C)Cc2ccccc2F)cc1C. The predicted molar refractivity (Wildman–Crippen MR) is 89.5 cm³/mol. The molecule has 2 rings (SSSR count). The number of hydrogen-bond acceptors (Lipinski definition) is 2. The average molecular weight is 317 g/mol. The van der Waals surface area contributed by atoms with Crippen molar-refractivity contribution in [2.24, 2.45) is 0 Å². The fraction of sp³-hybridized carbons (Fsp3) is 0.278. The molecule has 0 N–H and O–H groups in total. The Kier molecular flexibility index (Phi) is 5.61. The van der Waals surface area contributed by atoms with Crippen molar-refractivity contribution in [1.82, 2.24) is 4.90 Å². The molecule has 0 aliphatic heterocycles. The molecule has 0 unspecified atom stereocenters. The first-order chi connectivity index (χ1) is 10.5. The van der Waals surface area contributed by atoms with Crippen molar-refractivity contribution in [3.63, 3.8) is 0 Å². The Labute approximate surface area is 135 Å². The minimum absolute atomic E-state index is 0.00789. The molecule has 0 spiro atoms. The van der Waals surface area contributed by atoms with Gasteiger partial charge in [0.2, 0.25) is 5.91 Å². The molecule has 0 aliphatic rings. The van der Waals surface area contributed by atoms with Crippen LogP contribution in [0.5, 0.6) is 0 Å². The van der Waals surface area contributed by atoms with Crippen LogP contribution in [0.2, 0.25) is 0 Å². The lowest BCUT2D eigenvalue weighted by Crippen LogP contribution is -2.28. The third-order valence-corrected chi connectivity index (χ3v) is 4.61.